The van der Waals surface area contributed by atoms with Crippen molar-refractivity contribution in [1.82, 2.24) is 4.90 Å². The van der Waals surface area contributed by atoms with Crippen LogP contribution in [0.1, 0.15) is 26.7 Å². The normalized spacial score (nSPS) is 15.2. The van der Waals surface area contributed by atoms with E-state index in [1.54, 1.807) is 13.8 Å². The zero-order valence-corrected chi connectivity index (χ0v) is 10.8. The van der Waals surface area contributed by atoms with Crippen molar-refractivity contribution in [3.05, 3.63) is 11.1 Å². The molecule has 1 N–H and O–H groups in total. The Kier molecular flexibility index (Phi) is 4.80. The van der Waals surface area contributed by atoms with Crippen LogP contribution in [0.25, 0.3) is 0 Å². The van der Waals surface area contributed by atoms with Crippen LogP contribution in [0.4, 0.5) is 0 Å². The highest BCUT2D eigenvalue weighted by atomic mass is 16.5. The van der Waals surface area contributed by atoms with Gasteiger partial charge in [0.2, 0.25) is 0 Å². The number of carboxylic acids is 1. The quantitative estimate of drug-likeness (QED) is 0.542. The van der Waals surface area contributed by atoms with Gasteiger partial charge in [-0.2, -0.15) is 0 Å². The molecule has 0 aromatic carbocycles. The third-order valence-electron chi connectivity index (χ3n) is 2.82. The van der Waals surface area contributed by atoms with Crippen molar-refractivity contribution < 1.29 is 29.0 Å². The molecule has 0 spiro atoms. The zero-order valence-electron chi connectivity index (χ0n) is 10.8. The summed E-state index contributed by atoms with van der Waals surface area (Å²) in [6.45, 7) is 2.98. The Hall–Kier alpha value is -2.18. The van der Waals surface area contributed by atoms with Crippen molar-refractivity contribution in [2.24, 2.45) is 0 Å². The maximum Gasteiger partial charge on any atom is 0.306 e. The first-order valence-corrected chi connectivity index (χ1v) is 5.75. The topological polar surface area (TPSA) is 101 Å². The summed E-state index contributed by atoms with van der Waals surface area (Å²) in [6, 6.07) is 0. The highest BCUT2D eigenvalue weighted by Crippen LogP contribution is 2.19. The number of amides is 2. The second-order valence-electron chi connectivity index (χ2n) is 4.13. The minimum Gasteiger partial charge on any atom is -0.481 e. The second kappa shape index (κ2) is 6.12. The van der Waals surface area contributed by atoms with Crippen LogP contribution in [-0.4, -0.2) is 46.9 Å². The molecule has 1 rings (SSSR count). The first-order valence-electron chi connectivity index (χ1n) is 5.75. The zero-order chi connectivity index (χ0) is 14.6. The number of imide groups is 1. The van der Waals surface area contributed by atoms with E-state index in [-0.39, 0.29) is 37.8 Å². The lowest BCUT2D eigenvalue weighted by Crippen LogP contribution is -2.35. The molecule has 2 amide bonds. The molecule has 0 fully saturated rings. The number of ether oxygens (including phenoxy) is 1. The fraction of sp³-hybridized carbons (Fsp3) is 0.500. The predicted octanol–water partition coefficient (Wildman–Crippen LogP) is 0.0996. The fourth-order valence-electron chi connectivity index (χ4n) is 1.55. The number of carbonyl (C=O) groups is 4. The monoisotopic (exact) mass is 269 g/mol. The van der Waals surface area contributed by atoms with Crippen LogP contribution < -0.4 is 0 Å². The van der Waals surface area contributed by atoms with E-state index in [1.807, 2.05) is 0 Å². The minimum absolute atomic E-state index is 0.0227. The Morgan fingerprint density at radius 1 is 1.11 bits per heavy atom. The molecule has 7 heteroatoms. The molecular weight excluding hydrogens is 254 g/mol. The molecule has 1 aliphatic rings. The Morgan fingerprint density at radius 3 is 2.11 bits per heavy atom. The van der Waals surface area contributed by atoms with Gasteiger partial charge in [0.1, 0.15) is 6.61 Å². The van der Waals surface area contributed by atoms with Gasteiger partial charge in [-0.1, -0.05) is 0 Å². The summed E-state index contributed by atoms with van der Waals surface area (Å²) in [7, 11) is 0. The third kappa shape index (κ3) is 3.64. The minimum atomic E-state index is -1.09. The van der Waals surface area contributed by atoms with Crippen LogP contribution in [0.3, 0.4) is 0 Å². The van der Waals surface area contributed by atoms with Crippen molar-refractivity contribution >= 4 is 23.8 Å². The number of rotatable bonds is 6. The van der Waals surface area contributed by atoms with Gasteiger partial charge in [0.05, 0.1) is 19.4 Å². The highest BCUT2D eigenvalue weighted by molar-refractivity contribution is 6.18. The van der Waals surface area contributed by atoms with Crippen LogP contribution in [0.15, 0.2) is 11.1 Å². The van der Waals surface area contributed by atoms with E-state index in [9.17, 15) is 19.2 Å². The summed E-state index contributed by atoms with van der Waals surface area (Å²) in [6.07, 6.45) is -0.534. The molecule has 0 saturated carbocycles. The summed E-state index contributed by atoms with van der Waals surface area (Å²) in [5, 5.41) is 8.38. The van der Waals surface area contributed by atoms with E-state index in [4.69, 9.17) is 9.84 Å². The van der Waals surface area contributed by atoms with Gasteiger partial charge < -0.3 is 9.84 Å². The van der Waals surface area contributed by atoms with Crippen molar-refractivity contribution in [3.8, 4) is 0 Å². The summed E-state index contributed by atoms with van der Waals surface area (Å²) < 4.78 is 4.75. The molecule has 19 heavy (non-hydrogen) atoms. The van der Waals surface area contributed by atoms with E-state index in [0.717, 1.165) is 4.90 Å². The Balaban J connectivity index is 2.35. The third-order valence-corrected chi connectivity index (χ3v) is 2.82. The standard InChI is InChI=1S/C12H15NO6/c1-7-8(2)12(18)13(11(7)17)5-6-19-10(16)4-3-9(14)15/h3-6H2,1-2H3,(H,14,15). The van der Waals surface area contributed by atoms with Gasteiger partial charge in [0.25, 0.3) is 11.8 Å². The van der Waals surface area contributed by atoms with E-state index < -0.39 is 11.9 Å². The summed E-state index contributed by atoms with van der Waals surface area (Å²) in [5.74, 6) is -2.52. The number of nitrogens with zero attached hydrogens (tertiary/aromatic N) is 1. The number of hydrogen-bond acceptors (Lipinski definition) is 5. The average Bonchev–Trinajstić information content (AvgIpc) is 2.53. The van der Waals surface area contributed by atoms with Crippen LogP contribution in [-0.2, 0) is 23.9 Å². The van der Waals surface area contributed by atoms with Gasteiger partial charge >= 0.3 is 11.9 Å². The first-order chi connectivity index (χ1) is 8.84. The predicted molar refractivity (Wildman–Crippen MR) is 62.9 cm³/mol. The molecule has 0 aliphatic carbocycles. The molecule has 0 radical (unpaired) electrons. The molecule has 0 aromatic rings. The van der Waals surface area contributed by atoms with Gasteiger partial charge in [0.15, 0.2) is 0 Å². The number of hydrogen-bond donors (Lipinski definition) is 1. The Bertz CT molecular complexity index is 441. The lowest BCUT2D eigenvalue weighted by atomic mass is 10.2. The van der Waals surface area contributed by atoms with Gasteiger partial charge in [-0.05, 0) is 13.8 Å². The number of esters is 1. The molecule has 104 valence electrons. The molecule has 0 saturated heterocycles. The van der Waals surface area contributed by atoms with Gasteiger partial charge in [-0.25, -0.2) is 0 Å². The molecule has 7 nitrogen and oxygen atoms in total. The maximum absolute atomic E-state index is 11.6. The second-order valence-corrected chi connectivity index (χ2v) is 4.13. The van der Waals surface area contributed by atoms with Gasteiger partial charge in [-0.15, -0.1) is 0 Å². The van der Waals surface area contributed by atoms with E-state index in [2.05, 4.69) is 0 Å². The van der Waals surface area contributed by atoms with Crippen LogP contribution >= 0.6 is 0 Å². The molecule has 1 aliphatic heterocycles. The van der Waals surface area contributed by atoms with E-state index in [1.165, 1.54) is 0 Å². The van der Waals surface area contributed by atoms with Gasteiger partial charge in [-0.3, -0.25) is 24.1 Å². The van der Waals surface area contributed by atoms with Crippen LogP contribution in [0.2, 0.25) is 0 Å². The van der Waals surface area contributed by atoms with Crippen molar-refractivity contribution in [2.75, 3.05) is 13.2 Å². The molecular formula is C12H15NO6. The molecule has 0 aromatic heterocycles. The number of carboxylic acid groups (broad SMARTS) is 1. The van der Waals surface area contributed by atoms with Crippen molar-refractivity contribution in [3.63, 3.8) is 0 Å². The maximum atomic E-state index is 11.6. The highest BCUT2D eigenvalue weighted by Gasteiger charge is 2.32. The van der Waals surface area contributed by atoms with Crippen LogP contribution in [0, 0.1) is 0 Å². The molecule has 0 atom stereocenters. The lowest BCUT2D eigenvalue weighted by Gasteiger charge is -2.14. The average molecular weight is 269 g/mol. The first kappa shape index (κ1) is 14.9. The number of aliphatic carboxylic acids is 1. The van der Waals surface area contributed by atoms with Crippen molar-refractivity contribution in [1.29, 1.82) is 0 Å². The smallest absolute Gasteiger partial charge is 0.306 e. The van der Waals surface area contributed by atoms with Gasteiger partial charge in [0, 0.05) is 11.1 Å². The number of carbonyl (C=O) groups excluding carboxylic acids is 3. The summed E-state index contributed by atoms with van der Waals surface area (Å²) in [4.78, 5) is 45.7. The van der Waals surface area contributed by atoms with Crippen molar-refractivity contribution in [2.45, 2.75) is 26.7 Å². The van der Waals surface area contributed by atoms with Crippen LogP contribution in [0.5, 0.6) is 0 Å². The lowest BCUT2D eigenvalue weighted by molar-refractivity contribution is -0.149. The van der Waals surface area contributed by atoms with E-state index in [0.29, 0.717) is 11.1 Å². The molecule has 0 unspecified atom stereocenters. The van der Waals surface area contributed by atoms with E-state index >= 15 is 0 Å². The SMILES string of the molecule is CC1=C(C)C(=O)N(CCOC(=O)CCC(=O)O)C1=O. The molecule has 0 bridgehead atoms. The Labute approximate surface area is 109 Å². The fourth-order valence-corrected chi connectivity index (χ4v) is 1.55. The largest absolute Gasteiger partial charge is 0.481 e. The summed E-state index contributed by atoms with van der Waals surface area (Å²) in [5.41, 5.74) is 0.782. The summed E-state index contributed by atoms with van der Waals surface area (Å²) >= 11 is 0. The Morgan fingerprint density at radius 2 is 1.63 bits per heavy atom. The molecule has 1 heterocycles.